The summed E-state index contributed by atoms with van der Waals surface area (Å²) in [6.07, 6.45) is 9.91. The van der Waals surface area contributed by atoms with Crippen LogP contribution in [0.1, 0.15) is 51.4 Å². The first-order valence-corrected chi connectivity index (χ1v) is 6.45. The zero-order chi connectivity index (χ0) is 11.2. The van der Waals surface area contributed by atoms with Crippen LogP contribution in [0.3, 0.4) is 0 Å². The van der Waals surface area contributed by atoms with Gasteiger partial charge in [-0.1, -0.05) is 25.7 Å². The highest BCUT2D eigenvalue weighted by molar-refractivity contribution is 4.51. The maximum Gasteiger partial charge on any atom is 0.0133 e. The molecular weight excluding hydrogens is 186 g/mol. The van der Waals surface area contributed by atoms with Gasteiger partial charge in [-0.25, -0.2) is 5.32 Å². The molecule has 0 atom stereocenters. The van der Waals surface area contributed by atoms with E-state index in [0.717, 1.165) is 26.2 Å². The molecule has 4 N–H and O–H groups in total. The second kappa shape index (κ2) is 13.9. The summed E-state index contributed by atoms with van der Waals surface area (Å²) in [6, 6.07) is 0. The van der Waals surface area contributed by atoms with E-state index >= 15 is 0 Å². The molecule has 0 heterocycles. The van der Waals surface area contributed by atoms with Crippen molar-refractivity contribution in [1.29, 1.82) is 0 Å². The number of hydrogen-bond acceptors (Lipinski definition) is 2. The van der Waals surface area contributed by atoms with Crippen molar-refractivity contribution >= 4 is 0 Å². The lowest BCUT2D eigenvalue weighted by molar-refractivity contribution is 0.551. The molecule has 0 amide bonds. The van der Waals surface area contributed by atoms with Gasteiger partial charge in [0.2, 0.25) is 0 Å². The summed E-state index contributed by atoms with van der Waals surface area (Å²) in [7, 11) is 0. The van der Waals surface area contributed by atoms with E-state index in [1.807, 2.05) is 0 Å². The average molecular weight is 214 g/mol. The molecule has 0 bridgehead atoms. The highest BCUT2D eigenvalue weighted by Crippen LogP contribution is 1.99. The van der Waals surface area contributed by atoms with Gasteiger partial charge in [0.05, 0.1) is 0 Å². The van der Waals surface area contributed by atoms with Crippen LogP contribution in [0.4, 0.5) is 0 Å². The Morgan fingerprint density at radius 2 is 0.933 bits per heavy atom. The fourth-order valence-electron chi connectivity index (χ4n) is 1.55. The third-order valence-electron chi connectivity index (χ3n) is 2.54. The molecule has 3 heteroatoms. The third-order valence-corrected chi connectivity index (χ3v) is 2.54. The molecule has 0 aliphatic heterocycles. The van der Waals surface area contributed by atoms with Crippen molar-refractivity contribution in [1.82, 2.24) is 5.32 Å². The van der Waals surface area contributed by atoms with E-state index in [1.165, 1.54) is 51.4 Å². The van der Waals surface area contributed by atoms with Gasteiger partial charge < -0.3 is 11.5 Å². The molecule has 0 rings (SSSR count). The monoisotopic (exact) mass is 214 g/mol. The van der Waals surface area contributed by atoms with Gasteiger partial charge in [0.15, 0.2) is 0 Å². The zero-order valence-electron chi connectivity index (χ0n) is 10.1. The summed E-state index contributed by atoms with van der Waals surface area (Å²) in [5, 5.41) is 4.50. The minimum absolute atomic E-state index is 0.832. The molecule has 0 saturated heterocycles. The summed E-state index contributed by atoms with van der Waals surface area (Å²) >= 11 is 0. The van der Waals surface area contributed by atoms with E-state index in [4.69, 9.17) is 11.5 Å². The smallest absolute Gasteiger partial charge is 0.0133 e. The number of unbranched alkanes of at least 4 members (excludes halogenated alkanes) is 6. The summed E-state index contributed by atoms with van der Waals surface area (Å²) in [6.45, 7) is 3.75. The molecule has 0 aliphatic carbocycles. The van der Waals surface area contributed by atoms with E-state index in [0.29, 0.717) is 0 Å². The van der Waals surface area contributed by atoms with Gasteiger partial charge in [-0.3, -0.25) is 0 Å². The minimum Gasteiger partial charge on any atom is -0.330 e. The van der Waals surface area contributed by atoms with Crippen molar-refractivity contribution in [3.8, 4) is 0 Å². The number of nitrogens with two attached hydrogens (primary N) is 2. The van der Waals surface area contributed by atoms with Crippen LogP contribution in [-0.2, 0) is 0 Å². The topological polar surface area (TPSA) is 66.1 Å². The highest BCUT2D eigenvalue weighted by Gasteiger charge is 1.92. The van der Waals surface area contributed by atoms with Gasteiger partial charge in [-0.2, -0.15) is 0 Å². The first kappa shape index (κ1) is 14.9. The van der Waals surface area contributed by atoms with Crippen molar-refractivity contribution in [3.05, 3.63) is 0 Å². The molecular formula is C12H28N3. The predicted octanol–water partition coefficient (Wildman–Crippen LogP) is 1.63. The van der Waals surface area contributed by atoms with Crippen molar-refractivity contribution in [3.63, 3.8) is 0 Å². The van der Waals surface area contributed by atoms with Gasteiger partial charge in [0.25, 0.3) is 0 Å². The Morgan fingerprint density at radius 3 is 1.33 bits per heavy atom. The summed E-state index contributed by atoms with van der Waals surface area (Å²) in [5.74, 6) is 0. The first-order valence-electron chi connectivity index (χ1n) is 6.45. The highest BCUT2D eigenvalue weighted by atomic mass is 14.8. The molecule has 0 unspecified atom stereocenters. The number of nitrogens with zero attached hydrogens (tertiary/aromatic N) is 1. The maximum atomic E-state index is 5.42. The van der Waals surface area contributed by atoms with Crippen LogP contribution in [0.5, 0.6) is 0 Å². The molecule has 0 fully saturated rings. The van der Waals surface area contributed by atoms with Crippen molar-refractivity contribution in [2.45, 2.75) is 51.4 Å². The Hall–Kier alpha value is -0.120. The van der Waals surface area contributed by atoms with Crippen LogP contribution in [0.15, 0.2) is 0 Å². The van der Waals surface area contributed by atoms with Gasteiger partial charge >= 0.3 is 0 Å². The van der Waals surface area contributed by atoms with Gasteiger partial charge in [0.1, 0.15) is 0 Å². The van der Waals surface area contributed by atoms with Crippen molar-refractivity contribution < 1.29 is 0 Å². The van der Waals surface area contributed by atoms with Crippen molar-refractivity contribution in [2.75, 3.05) is 26.2 Å². The van der Waals surface area contributed by atoms with Crippen LogP contribution >= 0.6 is 0 Å². The number of rotatable bonds is 12. The molecule has 0 aliphatic rings. The van der Waals surface area contributed by atoms with Crippen molar-refractivity contribution in [2.24, 2.45) is 11.5 Å². The lowest BCUT2D eigenvalue weighted by Gasteiger charge is -2.02. The first-order chi connectivity index (χ1) is 7.41. The van der Waals surface area contributed by atoms with Gasteiger partial charge in [-0.15, -0.1) is 0 Å². The largest absolute Gasteiger partial charge is 0.330 e. The van der Waals surface area contributed by atoms with E-state index < -0.39 is 0 Å². The van der Waals surface area contributed by atoms with Crippen LogP contribution in [0.25, 0.3) is 0 Å². The molecule has 91 valence electrons. The molecule has 15 heavy (non-hydrogen) atoms. The molecule has 0 aromatic rings. The Balaban J connectivity index is 2.81. The SMILES string of the molecule is NCCCCCC[N]CCCCCCN. The van der Waals surface area contributed by atoms with E-state index in [9.17, 15) is 0 Å². The lowest BCUT2D eigenvalue weighted by atomic mass is 10.2. The van der Waals surface area contributed by atoms with E-state index in [2.05, 4.69) is 5.32 Å². The average Bonchev–Trinajstić information content (AvgIpc) is 2.26. The summed E-state index contributed by atoms with van der Waals surface area (Å²) in [4.78, 5) is 0. The quantitative estimate of drug-likeness (QED) is 0.485. The molecule has 1 radical (unpaired) electrons. The molecule has 0 aromatic carbocycles. The molecule has 0 saturated carbocycles. The Kier molecular flexibility index (Phi) is 13.8. The normalized spacial score (nSPS) is 10.8. The molecule has 0 aromatic heterocycles. The Morgan fingerprint density at radius 1 is 0.533 bits per heavy atom. The Labute approximate surface area is 95.0 Å². The van der Waals surface area contributed by atoms with Crippen LogP contribution in [0.2, 0.25) is 0 Å². The van der Waals surface area contributed by atoms with Crippen LogP contribution in [0, 0.1) is 0 Å². The Bertz CT molecular complexity index is 95.0. The van der Waals surface area contributed by atoms with Crippen LogP contribution in [-0.4, -0.2) is 26.2 Å². The molecule has 3 nitrogen and oxygen atoms in total. The van der Waals surface area contributed by atoms with Crippen LogP contribution < -0.4 is 16.8 Å². The fourth-order valence-corrected chi connectivity index (χ4v) is 1.55. The van der Waals surface area contributed by atoms with E-state index in [1.54, 1.807) is 0 Å². The van der Waals surface area contributed by atoms with E-state index in [-0.39, 0.29) is 0 Å². The fraction of sp³-hybridized carbons (Fsp3) is 1.00. The summed E-state index contributed by atoms with van der Waals surface area (Å²) in [5.41, 5.74) is 10.8. The molecule has 0 spiro atoms. The third kappa shape index (κ3) is 13.9. The number of hydrogen-bond donors (Lipinski definition) is 2. The zero-order valence-corrected chi connectivity index (χ0v) is 10.1. The van der Waals surface area contributed by atoms with Gasteiger partial charge in [-0.05, 0) is 38.8 Å². The lowest BCUT2D eigenvalue weighted by Crippen LogP contribution is -2.09. The maximum absolute atomic E-state index is 5.42. The second-order valence-electron chi connectivity index (χ2n) is 4.08. The predicted molar refractivity (Wildman–Crippen MR) is 66.9 cm³/mol. The second-order valence-corrected chi connectivity index (χ2v) is 4.08. The minimum atomic E-state index is 0.832. The summed E-state index contributed by atoms with van der Waals surface area (Å²) < 4.78 is 0. The standard InChI is InChI=1S/C12H28N3/c13-9-5-1-3-7-11-15-12-8-4-2-6-10-14/h1-14H2. The van der Waals surface area contributed by atoms with Gasteiger partial charge in [0, 0.05) is 13.1 Å².